The molecule has 1 aliphatic carbocycles. The van der Waals surface area contributed by atoms with E-state index < -0.39 is 0 Å². The van der Waals surface area contributed by atoms with Crippen molar-refractivity contribution < 1.29 is 4.79 Å². The van der Waals surface area contributed by atoms with Crippen molar-refractivity contribution >= 4 is 33.3 Å². The second-order valence-corrected chi connectivity index (χ2v) is 6.29. The lowest BCUT2D eigenvalue weighted by Crippen LogP contribution is -2.30. The Morgan fingerprint density at radius 2 is 2.14 bits per heavy atom. The van der Waals surface area contributed by atoms with Gasteiger partial charge >= 0.3 is 0 Å². The molecular formula is C16H17BrN4O. The molecule has 1 heterocycles. The number of anilines is 2. The van der Waals surface area contributed by atoms with Crippen molar-refractivity contribution in [2.75, 3.05) is 23.8 Å². The third-order valence-corrected chi connectivity index (χ3v) is 4.21. The van der Waals surface area contributed by atoms with Gasteiger partial charge in [-0.15, -0.1) is 0 Å². The number of carbonyl (C=O) groups is 1. The predicted octanol–water partition coefficient (Wildman–Crippen LogP) is 3.19. The molecule has 1 aromatic carbocycles. The van der Waals surface area contributed by atoms with Gasteiger partial charge in [0.1, 0.15) is 11.6 Å². The van der Waals surface area contributed by atoms with Gasteiger partial charge in [-0.1, -0.05) is 12.1 Å². The zero-order chi connectivity index (χ0) is 15.5. The summed E-state index contributed by atoms with van der Waals surface area (Å²) in [6.07, 6.45) is 4.09. The van der Waals surface area contributed by atoms with Crippen molar-refractivity contribution in [1.29, 1.82) is 0 Å². The van der Waals surface area contributed by atoms with Crippen LogP contribution in [0, 0.1) is 0 Å². The maximum absolute atomic E-state index is 12.2. The number of likely N-dealkylation sites (N-methyl/N-ethyl adjacent to an activating group) is 1. The van der Waals surface area contributed by atoms with E-state index in [4.69, 9.17) is 0 Å². The van der Waals surface area contributed by atoms with Crippen molar-refractivity contribution in [2.45, 2.75) is 18.8 Å². The van der Waals surface area contributed by atoms with E-state index in [9.17, 15) is 4.79 Å². The molecule has 0 spiro atoms. The van der Waals surface area contributed by atoms with Gasteiger partial charge in [0.2, 0.25) is 5.91 Å². The molecule has 3 rings (SSSR count). The summed E-state index contributed by atoms with van der Waals surface area (Å²) in [6, 6.07) is 9.38. The van der Waals surface area contributed by atoms with Gasteiger partial charge in [0, 0.05) is 23.6 Å². The minimum absolute atomic E-state index is 0.0824. The molecule has 6 heteroatoms. The first-order chi connectivity index (χ1) is 10.6. The summed E-state index contributed by atoms with van der Waals surface area (Å²) in [5.74, 6) is 2.08. The number of benzene rings is 1. The first-order valence-electron chi connectivity index (χ1n) is 7.22. The summed E-state index contributed by atoms with van der Waals surface area (Å²) in [6.45, 7) is 0.239. The van der Waals surface area contributed by atoms with Gasteiger partial charge < -0.3 is 10.2 Å². The summed E-state index contributed by atoms with van der Waals surface area (Å²) >= 11 is 3.42. The Hall–Kier alpha value is -1.95. The lowest BCUT2D eigenvalue weighted by molar-refractivity contribution is -0.114. The normalized spacial score (nSPS) is 13.7. The zero-order valence-corrected chi connectivity index (χ0v) is 13.9. The number of hydrogen-bond acceptors (Lipinski definition) is 4. The topological polar surface area (TPSA) is 58.1 Å². The molecule has 0 unspecified atom stereocenters. The molecule has 114 valence electrons. The second kappa shape index (κ2) is 6.44. The molecular weight excluding hydrogens is 344 g/mol. The van der Waals surface area contributed by atoms with Crippen LogP contribution in [0.4, 0.5) is 11.5 Å². The number of carbonyl (C=O) groups excluding carboxylic acids is 1. The van der Waals surface area contributed by atoms with Gasteiger partial charge in [-0.25, -0.2) is 9.97 Å². The largest absolute Gasteiger partial charge is 0.350 e. The molecule has 1 aromatic heterocycles. The Morgan fingerprint density at radius 3 is 2.86 bits per heavy atom. The van der Waals surface area contributed by atoms with E-state index in [0.29, 0.717) is 5.92 Å². The van der Waals surface area contributed by atoms with E-state index in [1.807, 2.05) is 42.3 Å². The van der Waals surface area contributed by atoms with E-state index >= 15 is 0 Å². The molecule has 2 aromatic rings. The molecule has 22 heavy (non-hydrogen) atoms. The Labute approximate surface area is 137 Å². The number of hydrogen-bond donors (Lipinski definition) is 1. The number of aromatic nitrogens is 2. The lowest BCUT2D eigenvalue weighted by atomic mass is 10.3. The van der Waals surface area contributed by atoms with E-state index in [1.165, 1.54) is 0 Å². The molecule has 1 amide bonds. The third-order valence-electron chi connectivity index (χ3n) is 3.52. The van der Waals surface area contributed by atoms with Crippen LogP contribution >= 0.6 is 15.9 Å². The number of amides is 1. The number of nitrogens with zero attached hydrogens (tertiary/aromatic N) is 3. The summed E-state index contributed by atoms with van der Waals surface area (Å²) in [5, 5.41) is 2.89. The molecule has 1 saturated carbocycles. The Kier molecular flexibility index (Phi) is 4.38. The fourth-order valence-electron chi connectivity index (χ4n) is 2.16. The van der Waals surface area contributed by atoms with Crippen molar-refractivity contribution in [1.82, 2.24) is 9.97 Å². The van der Waals surface area contributed by atoms with Crippen molar-refractivity contribution in [3.05, 3.63) is 46.8 Å². The van der Waals surface area contributed by atoms with Gasteiger partial charge in [0.25, 0.3) is 0 Å². The van der Waals surface area contributed by atoms with Crippen LogP contribution in [0.2, 0.25) is 0 Å². The highest BCUT2D eigenvalue weighted by molar-refractivity contribution is 9.10. The third kappa shape index (κ3) is 3.62. The van der Waals surface area contributed by atoms with Crippen molar-refractivity contribution in [3.8, 4) is 0 Å². The maximum atomic E-state index is 12.2. The Bertz CT molecular complexity index is 687. The summed E-state index contributed by atoms with van der Waals surface area (Å²) in [7, 11) is 1.86. The fraction of sp³-hybridized carbons (Fsp3) is 0.312. The van der Waals surface area contributed by atoms with E-state index in [1.54, 1.807) is 6.20 Å². The molecule has 5 nitrogen and oxygen atoms in total. The summed E-state index contributed by atoms with van der Waals surface area (Å²) in [4.78, 5) is 22.8. The van der Waals surface area contributed by atoms with Crippen LogP contribution in [0.25, 0.3) is 0 Å². The number of nitrogens with one attached hydrogen (secondary N) is 1. The number of rotatable bonds is 5. The van der Waals surface area contributed by atoms with Gasteiger partial charge in [0.05, 0.1) is 12.2 Å². The minimum Gasteiger partial charge on any atom is -0.350 e. The van der Waals surface area contributed by atoms with Crippen LogP contribution in [0.5, 0.6) is 0 Å². The van der Waals surface area contributed by atoms with Crippen LogP contribution in [-0.2, 0) is 4.79 Å². The Morgan fingerprint density at radius 1 is 1.36 bits per heavy atom. The summed E-state index contributed by atoms with van der Waals surface area (Å²) < 4.78 is 0.865. The molecule has 0 radical (unpaired) electrons. The average Bonchev–Trinajstić information content (AvgIpc) is 3.34. The van der Waals surface area contributed by atoms with Crippen LogP contribution in [0.1, 0.15) is 24.6 Å². The van der Waals surface area contributed by atoms with Crippen molar-refractivity contribution in [2.24, 2.45) is 0 Å². The zero-order valence-electron chi connectivity index (χ0n) is 12.3. The number of halogens is 1. The van der Waals surface area contributed by atoms with Gasteiger partial charge in [-0.2, -0.15) is 0 Å². The summed E-state index contributed by atoms with van der Waals surface area (Å²) in [5.41, 5.74) is 0.766. The van der Waals surface area contributed by atoms with Crippen LogP contribution in [0.3, 0.4) is 0 Å². The second-order valence-electron chi connectivity index (χ2n) is 5.43. The van der Waals surface area contributed by atoms with Gasteiger partial charge in [0.15, 0.2) is 0 Å². The van der Waals surface area contributed by atoms with E-state index in [2.05, 4.69) is 31.2 Å². The van der Waals surface area contributed by atoms with Crippen LogP contribution < -0.4 is 10.2 Å². The molecule has 0 atom stereocenters. The molecule has 1 N–H and O–H groups in total. The van der Waals surface area contributed by atoms with Gasteiger partial charge in [-0.05, 0) is 47.0 Å². The maximum Gasteiger partial charge on any atom is 0.243 e. The smallest absolute Gasteiger partial charge is 0.243 e. The predicted molar refractivity (Wildman–Crippen MR) is 90.0 cm³/mol. The van der Waals surface area contributed by atoms with Crippen molar-refractivity contribution in [3.63, 3.8) is 0 Å². The molecule has 1 aliphatic rings. The average molecular weight is 361 g/mol. The van der Waals surface area contributed by atoms with Gasteiger partial charge in [-0.3, -0.25) is 4.79 Å². The quantitative estimate of drug-likeness (QED) is 0.889. The Balaban J connectivity index is 1.63. The van der Waals surface area contributed by atoms with E-state index in [0.717, 1.165) is 34.6 Å². The highest BCUT2D eigenvalue weighted by Gasteiger charge is 2.26. The standard InChI is InChI=1S/C16H17BrN4O/c1-21(14-8-9-18-16(20-14)11-6-7-11)10-15(22)19-13-5-3-2-4-12(13)17/h2-5,8-9,11H,6-7,10H2,1H3,(H,19,22). The highest BCUT2D eigenvalue weighted by Crippen LogP contribution is 2.38. The first-order valence-corrected chi connectivity index (χ1v) is 8.01. The van der Waals surface area contributed by atoms with Crippen LogP contribution in [-0.4, -0.2) is 29.5 Å². The highest BCUT2D eigenvalue weighted by atomic mass is 79.9. The van der Waals surface area contributed by atoms with Crippen LogP contribution in [0.15, 0.2) is 41.0 Å². The SMILES string of the molecule is CN(CC(=O)Nc1ccccc1Br)c1ccnc(C2CC2)n1. The lowest BCUT2D eigenvalue weighted by Gasteiger charge is -2.18. The first kappa shape index (κ1) is 15.0. The number of para-hydroxylation sites is 1. The molecule has 0 aliphatic heterocycles. The fourth-order valence-corrected chi connectivity index (χ4v) is 2.55. The molecule has 1 fully saturated rings. The minimum atomic E-state index is -0.0824. The molecule has 0 bridgehead atoms. The monoisotopic (exact) mass is 360 g/mol. The van der Waals surface area contributed by atoms with E-state index in [-0.39, 0.29) is 12.5 Å². The molecule has 0 saturated heterocycles.